The van der Waals surface area contributed by atoms with Gasteiger partial charge >= 0.3 is 0 Å². The summed E-state index contributed by atoms with van der Waals surface area (Å²) >= 11 is 0. The topological polar surface area (TPSA) is 44.8 Å². The standard InChI is InChI=1S/C20H23F2N3O2/c1-27-16-7-5-15(6-8-16)25-13-11-24(12-14-25)10-9-19(26)23-20-17(21)3-2-4-18(20)22/h2-8H,9-14H2,1H3,(H,23,26). The fraction of sp³-hybridized carbons (Fsp3) is 0.350. The molecule has 3 rings (SSSR count). The van der Waals surface area contributed by atoms with E-state index in [0.717, 1.165) is 49.7 Å². The smallest absolute Gasteiger partial charge is 0.225 e. The lowest BCUT2D eigenvalue weighted by atomic mass is 10.2. The Kier molecular flexibility index (Phi) is 6.24. The van der Waals surface area contributed by atoms with E-state index in [0.29, 0.717) is 6.54 Å². The van der Waals surface area contributed by atoms with Crippen molar-refractivity contribution in [3.05, 3.63) is 54.1 Å². The van der Waals surface area contributed by atoms with Crippen LogP contribution in [0.3, 0.4) is 0 Å². The van der Waals surface area contributed by atoms with E-state index in [1.165, 1.54) is 6.07 Å². The Bertz CT molecular complexity index is 755. The number of carbonyl (C=O) groups excluding carboxylic acids is 1. The Morgan fingerprint density at radius 3 is 2.26 bits per heavy atom. The molecule has 1 fully saturated rings. The second kappa shape index (κ2) is 8.81. The molecule has 0 radical (unpaired) electrons. The van der Waals surface area contributed by atoms with Gasteiger partial charge in [0.1, 0.15) is 23.1 Å². The van der Waals surface area contributed by atoms with Gasteiger partial charge in [-0.05, 0) is 36.4 Å². The summed E-state index contributed by atoms with van der Waals surface area (Å²) in [7, 11) is 1.64. The van der Waals surface area contributed by atoms with Crippen LogP contribution >= 0.6 is 0 Å². The molecule has 7 heteroatoms. The van der Waals surface area contributed by atoms with Gasteiger partial charge in [0, 0.05) is 44.8 Å². The number of ether oxygens (including phenoxy) is 1. The zero-order valence-electron chi connectivity index (χ0n) is 15.3. The minimum absolute atomic E-state index is 0.191. The number of nitrogens with zero attached hydrogens (tertiary/aromatic N) is 2. The number of nitrogens with one attached hydrogen (secondary N) is 1. The van der Waals surface area contributed by atoms with Crippen LogP contribution in [0.2, 0.25) is 0 Å². The van der Waals surface area contributed by atoms with E-state index in [1.807, 2.05) is 24.3 Å². The lowest BCUT2D eigenvalue weighted by Crippen LogP contribution is -2.47. The molecule has 144 valence electrons. The summed E-state index contributed by atoms with van der Waals surface area (Å²) in [6.07, 6.45) is 0.191. The highest BCUT2D eigenvalue weighted by molar-refractivity contribution is 5.91. The van der Waals surface area contributed by atoms with Gasteiger partial charge in [-0.15, -0.1) is 0 Å². The third-order valence-corrected chi connectivity index (χ3v) is 4.69. The number of hydrogen-bond acceptors (Lipinski definition) is 4. The summed E-state index contributed by atoms with van der Waals surface area (Å²) in [5.41, 5.74) is 0.759. The Hall–Kier alpha value is -2.67. The Morgan fingerprint density at radius 2 is 1.67 bits per heavy atom. The van der Waals surface area contributed by atoms with E-state index >= 15 is 0 Å². The number of benzene rings is 2. The molecule has 27 heavy (non-hydrogen) atoms. The summed E-state index contributed by atoms with van der Waals surface area (Å²) in [5, 5.41) is 2.33. The van der Waals surface area contributed by atoms with Gasteiger partial charge in [-0.3, -0.25) is 9.69 Å². The van der Waals surface area contributed by atoms with Crippen molar-refractivity contribution < 1.29 is 18.3 Å². The van der Waals surface area contributed by atoms with Crippen LogP contribution in [0.4, 0.5) is 20.2 Å². The second-order valence-electron chi connectivity index (χ2n) is 6.42. The van der Waals surface area contributed by atoms with Gasteiger partial charge in [-0.1, -0.05) is 6.07 Å². The zero-order valence-corrected chi connectivity index (χ0v) is 15.3. The van der Waals surface area contributed by atoms with Crippen molar-refractivity contribution in [1.82, 2.24) is 4.90 Å². The van der Waals surface area contributed by atoms with Gasteiger partial charge in [-0.25, -0.2) is 8.78 Å². The third kappa shape index (κ3) is 4.95. The number of piperazine rings is 1. The number of halogens is 2. The van der Waals surface area contributed by atoms with Gasteiger partial charge in [0.05, 0.1) is 7.11 Å². The normalized spacial score (nSPS) is 14.9. The monoisotopic (exact) mass is 375 g/mol. The predicted octanol–water partition coefficient (Wildman–Crippen LogP) is 3.12. The van der Waals surface area contributed by atoms with Crippen molar-refractivity contribution >= 4 is 17.3 Å². The van der Waals surface area contributed by atoms with Crippen LogP contribution in [-0.4, -0.2) is 50.6 Å². The fourth-order valence-corrected chi connectivity index (χ4v) is 3.10. The maximum absolute atomic E-state index is 13.6. The Balaban J connectivity index is 1.44. The van der Waals surface area contributed by atoms with Gasteiger partial charge in [0.2, 0.25) is 5.91 Å². The van der Waals surface area contributed by atoms with Crippen LogP contribution in [0.5, 0.6) is 5.75 Å². The SMILES string of the molecule is COc1ccc(N2CCN(CCC(=O)Nc3c(F)cccc3F)CC2)cc1. The van der Waals surface area contributed by atoms with E-state index < -0.39 is 17.5 Å². The Morgan fingerprint density at radius 1 is 1.04 bits per heavy atom. The zero-order chi connectivity index (χ0) is 19.2. The van der Waals surface area contributed by atoms with E-state index in [-0.39, 0.29) is 12.1 Å². The van der Waals surface area contributed by atoms with E-state index in [1.54, 1.807) is 7.11 Å². The molecule has 1 amide bonds. The number of anilines is 2. The second-order valence-corrected chi connectivity index (χ2v) is 6.42. The minimum atomic E-state index is -0.767. The highest BCUT2D eigenvalue weighted by atomic mass is 19.1. The quantitative estimate of drug-likeness (QED) is 0.843. The first kappa shape index (κ1) is 19.1. The minimum Gasteiger partial charge on any atom is -0.497 e. The van der Waals surface area contributed by atoms with Crippen molar-refractivity contribution in [2.24, 2.45) is 0 Å². The highest BCUT2D eigenvalue weighted by Crippen LogP contribution is 2.21. The van der Waals surface area contributed by atoms with Crippen LogP contribution in [0.25, 0.3) is 0 Å². The maximum Gasteiger partial charge on any atom is 0.225 e. The summed E-state index contributed by atoms with van der Waals surface area (Å²) in [5.74, 6) is -1.10. The molecule has 1 saturated heterocycles. The molecule has 0 spiro atoms. The molecule has 2 aromatic carbocycles. The van der Waals surface area contributed by atoms with Crippen LogP contribution in [-0.2, 0) is 4.79 Å². The number of amides is 1. The molecule has 2 aromatic rings. The summed E-state index contributed by atoms with van der Waals surface area (Å²) in [6.45, 7) is 3.92. The number of hydrogen-bond donors (Lipinski definition) is 1. The van der Waals surface area contributed by atoms with Crippen molar-refractivity contribution in [3.63, 3.8) is 0 Å². The average Bonchev–Trinajstić information content (AvgIpc) is 2.70. The molecule has 0 aromatic heterocycles. The van der Waals surface area contributed by atoms with Crippen LogP contribution in [0, 0.1) is 11.6 Å². The Labute approximate surface area is 157 Å². The third-order valence-electron chi connectivity index (χ3n) is 4.69. The van der Waals surface area contributed by atoms with Crippen molar-refractivity contribution in [3.8, 4) is 5.75 Å². The summed E-state index contributed by atoms with van der Waals surface area (Å²) < 4.78 is 32.3. The number of rotatable bonds is 6. The van der Waals surface area contributed by atoms with Crippen LogP contribution in [0.15, 0.2) is 42.5 Å². The lowest BCUT2D eigenvalue weighted by Gasteiger charge is -2.36. The molecule has 1 heterocycles. The van der Waals surface area contributed by atoms with Gasteiger partial charge in [0.15, 0.2) is 0 Å². The summed E-state index contributed by atoms with van der Waals surface area (Å²) in [4.78, 5) is 16.5. The highest BCUT2D eigenvalue weighted by Gasteiger charge is 2.18. The average molecular weight is 375 g/mol. The van der Waals surface area contributed by atoms with E-state index in [4.69, 9.17) is 4.74 Å². The molecule has 5 nitrogen and oxygen atoms in total. The molecule has 0 atom stereocenters. The molecule has 1 aliphatic heterocycles. The van der Waals surface area contributed by atoms with Gasteiger partial charge < -0.3 is 15.0 Å². The first-order chi connectivity index (χ1) is 13.1. The van der Waals surface area contributed by atoms with Crippen LogP contribution in [0.1, 0.15) is 6.42 Å². The predicted molar refractivity (Wildman–Crippen MR) is 101 cm³/mol. The molecular formula is C20H23F2N3O2. The summed E-state index contributed by atoms with van der Waals surface area (Å²) in [6, 6.07) is 11.5. The maximum atomic E-state index is 13.6. The first-order valence-electron chi connectivity index (χ1n) is 8.92. The molecule has 0 unspecified atom stereocenters. The molecule has 0 saturated carbocycles. The largest absolute Gasteiger partial charge is 0.497 e. The molecule has 0 aliphatic carbocycles. The van der Waals surface area contributed by atoms with Crippen molar-refractivity contribution in [2.75, 3.05) is 50.1 Å². The fourth-order valence-electron chi connectivity index (χ4n) is 3.10. The van der Waals surface area contributed by atoms with E-state index in [9.17, 15) is 13.6 Å². The molecular weight excluding hydrogens is 352 g/mol. The first-order valence-corrected chi connectivity index (χ1v) is 8.92. The van der Waals surface area contributed by atoms with Gasteiger partial charge in [-0.2, -0.15) is 0 Å². The molecule has 0 bridgehead atoms. The molecule has 1 aliphatic rings. The van der Waals surface area contributed by atoms with Crippen molar-refractivity contribution in [1.29, 1.82) is 0 Å². The molecule has 1 N–H and O–H groups in total. The van der Waals surface area contributed by atoms with E-state index in [2.05, 4.69) is 15.1 Å². The lowest BCUT2D eigenvalue weighted by molar-refractivity contribution is -0.116. The van der Waals surface area contributed by atoms with Gasteiger partial charge in [0.25, 0.3) is 0 Å². The van der Waals surface area contributed by atoms with Crippen molar-refractivity contribution in [2.45, 2.75) is 6.42 Å². The number of methoxy groups -OCH3 is 1. The number of carbonyl (C=O) groups is 1. The number of para-hydroxylation sites is 1. The van der Waals surface area contributed by atoms with Crippen LogP contribution < -0.4 is 15.0 Å².